The van der Waals surface area contributed by atoms with E-state index < -0.39 is 6.29 Å². The van der Waals surface area contributed by atoms with Crippen LogP contribution in [-0.2, 0) is 0 Å². The number of phenols is 1. The van der Waals surface area contributed by atoms with Crippen molar-refractivity contribution in [2.24, 2.45) is 0 Å². The molecule has 0 saturated carbocycles. The Balaban J connectivity index is 2.56. The molecular formula is C11H10O3. The van der Waals surface area contributed by atoms with Crippen molar-refractivity contribution in [3.8, 4) is 11.5 Å². The fourth-order valence-electron chi connectivity index (χ4n) is 1.43. The highest BCUT2D eigenvalue weighted by Crippen LogP contribution is 2.34. The van der Waals surface area contributed by atoms with Gasteiger partial charge in [-0.15, -0.1) is 0 Å². The average molecular weight is 190 g/mol. The van der Waals surface area contributed by atoms with Crippen LogP contribution in [0.4, 0.5) is 0 Å². The van der Waals surface area contributed by atoms with E-state index in [0.29, 0.717) is 5.75 Å². The normalized spacial score (nSPS) is 19.2. The van der Waals surface area contributed by atoms with Crippen LogP contribution in [-0.4, -0.2) is 16.5 Å². The molecular weight excluding hydrogens is 180 g/mol. The van der Waals surface area contributed by atoms with Gasteiger partial charge in [-0.1, -0.05) is 12.7 Å². The van der Waals surface area contributed by atoms with Crippen molar-refractivity contribution < 1.29 is 14.9 Å². The summed E-state index contributed by atoms with van der Waals surface area (Å²) < 4.78 is 5.12. The van der Waals surface area contributed by atoms with Crippen LogP contribution in [0.15, 0.2) is 36.9 Å². The van der Waals surface area contributed by atoms with Crippen molar-refractivity contribution >= 4 is 5.57 Å². The highest BCUT2D eigenvalue weighted by molar-refractivity contribution is 5.79. The van der Waals surface area contributed by atoms with E-state index in [9.17, 15) is 10.2 Å². The summed E-state index contributed by atoms with van der Waals surface area (Å²) in [6.45, 7) is 3.64. The molecule has 1 aromatic carbocycles. The predicted molar refractivity (Wildman–Crippen MR) is 52.9 cm³/mol. The van der Waals surface area contributed by atoms with E-state index in [1.165, 1.54) is 6.07 Å². The van der Waals surface area contributed by atoms with Crippen LogP contribution >= 0.6 is 0 Å². The van der Waals surface area contributed by atoms with Crippen molar-refractivity contribution in [2.75, 3.05) is 0 Å². The Morgan fingerprint density at radius 3 is 2.93 bits per heavy atom. The minimum atomic E-state index is -0.975. The minimum absolute atomic E-state index is 0.112. The number of aliphatic hydroxyl groups excluding tert-OH is 1. The zero-order chi connectivity index (χ0) is 10.1. The molecule has 1 aliphatic heterocycles. The number of allylic oxidation sites excluding steroid dienone is 2. The van der Waals surface area contributed by atoms with E-state index in [1.807, 2.05) is 0 Å². The first kappa shape index (κ1) is 8.84. The van der Waals surface area contributed by atoms with Crippen LogP contribution in [0, 0.1) is 0 Å². The summed E-state index contributed by atoms with van der Waals surface area (Å²) in [6.07, 6.45) is 2.23. The molecule has 1 heterocycles. The lowest BCUT2D eigenvalue weighted by Gasteiger charge is -2.20. The Kier molecular flexibility index (Phi) is 2.02. The van der Waals surface area contributed by atoms with Crippen molar-refractivity contribution in [3.05, 3.63) is 42.5 Å². The van der Waals surface area contributed by atoms with Crippen molar-refractivity contribution in [1.82, 2.24) is 0 Å². The topological polar surface area (TPSA) is 49.7 Å². The van der Waals surface area contributed by atoms with Gasteiger partial charge in [0.15, 0.2) is 0 Å². The quantitative estimate of drug-likeness (QED) is 0.708. The zero-order valence-corrected chi connectivity index (χ0v) is 7.47. The second-order valence-electron chi connectivity index (χ2n) is 3.02. The number of aliphatic hydroxyl groups is 1. The highest BCUT2D eigenvalue weighted by Gasteiger charge is 2.17. The van der Waals surface area contributed by atoms with Crippen LogP contribution in [0.2, 0.25) is 0 Å². The maximum absolute atomic E-state index is 9.32. The molecule has 2 N–H and O–H groups in total. The molecule has 3 nitrogen and oxygen atoms in total. The van der Waals surface area contributed by atoms with Crippen molar-refractivity contribution in [1.29, 1.82) is 0 Å². The summed E-state index contributed by atoms with van der Waals surface area (Å²) in [5.74, 6) is 0.580. The first-order valence-electron chi connectivity index (χ1n) is 4.23. The third-order valence-electron chi connectivity index (χ3n) is 2.07. The Labute approximate surface area is 81.6 Å². The summed E-state index contributed by atoms with van der Waals surface area (Å²) in [5.41, 5.74) is 1.63. The van der Waals surface area contributed by atoms with E-state index in [-0.39, 0.29) is 5.75 Å². The molecule has 0 radical (unpaired) electrons. The number of hydrogen-bond donors (Lipinski definition) is 2. The van der Waals surface area contributed by atoms with Crippen LogP contribution < -0.4 is 4.74 Å². The smallest absolute Gasteiger partial charge is 0.218 e. The molecule has 1 atom stereocenters. The number of aromatic hydroxyl groups is 1. The number of hydrogen-bond acceptors (Lipinski definition) is 3. The lowest BCUT2D eigenvalue weighted by Crippen LogP contribution is -2.17. The molecule has 14 heavy (non-hydrogen) atoms. The summed E-state index contributed by atoms with van der Waals surface area (Å²) in [6, 6.07) is 4.76. The van der Waals surface area contributed by atoms with Gasteiger partial charge in [-0.25, -0.2) is 0 Å². The summed E-state index contributed by atoms with van der Waals surface area (Å²) in [7, 11) is 0. The monoisotopic (exact) mass is 190 g/mol. The summed E-state index contributed by atoms with van der Waals surface area (Å²) in [5, 5.41) is 18.5. The Bertz CT molecular complexity index is 407. The molecule has 2 rings (SSSR count). The van der Waals surface area contributed by atoms with E-state index in [0.717, 1.165) is 11.1 Å². The van der Waals surface area contributed by atoms with Gasteiger partial charge in [0.1, 0.15) is 11.5 Å². The number of rotatable bonds is 1. The molecule has 0 spiro atoms. The fourth-order valence-corrected chi connectivity index (χ4v) is 1.43. The standard InChI is InChI=1S/C11H10O3/c1-2-7-5-11(13)14-10-6-8(12)3-4-9(7)10/h2-6,11-13H,1H2. The van der Waals surface area contributed by atoms with E-state index >= 15 is 0 Å². The SMILES string of the molecule is C=CC1=CC(O)Oc2cc(O)ccc21. The van der Waals surface area contributed by atoms with Crippen LogP contribution in [0.1, 0.15) is 5.56 Å². The molecule has 0 aromatic heterocycles. The first-order chi connectivity index (χ1) is 6.70. The van der Waals surface area contributed by atoms with Gasteiger partial charge >= 0.3 is 0 Å². The molecule has 0 aliphatic carbocycles. The van der Waals surface area contributed by atoms with E-state index in [4.69, 9.17) is 4.74 Å². The fraction of sp³-hybridized carbons (Fsp3) is 0.0909. The Morgan fingerprint density at radius 2 is 2.21 bits per heavy atom. The molecule has 0 amide bonds. The molecule has 72 valence electrons. The Hall–Kier alpha value is -1.74. The second-order valence-corrected chi connectivity index (χ2v) is 3.02. The summed E-state index contributed by atoms with van der Waals surface area (Å²) >= 11 is 0. The molecule has 0 fully saturated rings. The minimum Gasteiger partial charge on any atom is -0.508 e. The van der Waals surface area contributed by atoms with E-state index in [2.05, 4.69) is 6.58 Å². The lowest BCUT2D eigenvalue weighted by molar-refractivity contribution is 0.0225. The van der Waals surface area contributed by atoms with Gasteiger partial charge in [0.2, 0.25) is 6.29 Å². The largest absolute Gasteiger partial charge is 0.508 e. The highest BCUT2D eigenvalue weighted by atomic mass is 16.6. The number of phenolic OH excluding ortho intramolecular Hbond substituents is 1. The average Bonchev–Trinajstić information content (AvgIpc) is 2.15. The predicted octanol–water partition coefficient (Wildman–Crippen LogP) is 1.67. The van der Waals surface area contributed by atoms with Crippen LogP contribution in [0.5, 0.6) is 11.5 Å². The van der Waals surface area contributed by atoms with Gasteiger partial charge < -0.3 is 14.9 Å². The second kappa shape index (κ2) is 3.20. The van der Waals surface area contributed by atoms with Crippen molar-refractivity contribution in [2.45, 2.75) is 6.29 Å². The molecule has 1 unspecified atom stereocenters. The van der Waals surface area contributed by atoms with Gasteiger partial charge in [0, 0.05) is 11.6 Å². The van der Waals surface area contributed by atoms with Gasteiger partial charge in [-0.2, -0.15) is 0 Å². The first-order valence-corrected chi connectivity index (χ1v) is 4.23. The number of ether oxygens (including phenoxy) is 1. The maximum Gasteiger partial charge on any atom is 0.218 e. The van der Waals surface area contributed by atoms with Crippen LogP contribution in [0.3, 0.4) is 0 Å². The molecule has 0 saturated heterocycles. The van der Waals surface area contributed by atoms with Crippen molar-refractivity contribution in [3.63, 3.8) is 0 Å². The summed E-state index contributed by atoms with van der Waals surface area (Å²) in [4.78, 5) is 0. The molecule has 1 aliphatic rings. The number of benzene rings is 1. The van der Waals surface area contributed by atoms with Gasteiger partial charge in [0.25, 0.3) is 0 Å². The third-order valence-corrected chi connectivity index (χ3v) is 2.07. The van der Waals surface area contributed by atoms with Crippen LogP contribution in [0.25, 0.3) is 5.57 Å². The lowest BCUT2D eigenvalue weighted by atomic mass is 10.0. The molecule has 3 heteroatoms. The number of fused-ring (bicyclic) bond motifs is 1. The van der Waals surface area contributed by atoms with E-state index in [1.54, 1.807) is 24.3 Å². The van der Waals surface area contributed by atoms with Gasteiger partial charge in [-0.05, 0) is 23.8 Å². The maximum atomic E-state index is 9.32. The molecule has 0 bridgehead atoms. The van der Waals surface area contributed by atoms with Gasteiger partial charge in [-0.3, -0.25) is 0 Å². The molecule has 1 aromatic rings. The Morgan fingerprint density at radius 1 is 1.43 bits per heavy atom. The zero-order valence-electron chi connectivity index (χ0n) is 7.47. The van der Waals surface area contributed by atoms with Gasteiger partial charge in [0.05, 0.1) is 0 Å². The third kappa shape index (κ3) is 1.38.